The first-order valence-corrected chi connectivity index (χ1v) is 8.42. The molecular formula is C17H27NOS. The number of thioether (sulfide) groups is 1. The first-order valence-electron chi connectivity index (χ1n) is 7.37. The summed E-state index contributed by atoms with van der Waals surface area (Å²) in [6, 6.07) is 10.5. The zero-order chi connectivity index (χ0) is 15.1. The molecule has 0 heterocycles. The molecular weight excluding hydrogens is 266 g/mol. The van der Waals surface area contributed by atoms with Crippen molar-refractivity contribution in [1.29, 1.82) is 0 Å². The maximum Gasteiger partial charge on any atom is 0.233 e. The van der Waals surface area contributed by atoms with Crippen molar-refractivity contribution in [2.24, 2.45) is 11.8 Å². The number of rotatable bonds is 7. The van der Waals surface area contributed by atoms with Gasteiger partial charge in [-0.15, -0.1) is 11.8 Å². The largest absolute Gasteiger partial charge is 0.352 e. The smallest absolute Gasteiger partial charge is 0.233 e. The molecule has 0 radical (unpaired) electrons. The first kappa shape index (κ1) is 17.1. The van der Waals surface area contributed by atoms with E-state index in [1.54, 1.807) is 11.8 Å². The Hall–Kier alpha value is -0.960. The topological polar surface area (TPSA) is 29.1 Å². The number of amides is 1. The molecule has 1 rings (SSSR count). The van der Waals surface area contributed by atoms with Gasteiger partial charge in [0.15, 0.2) is 0 Å². The highest BCUT2D eigenvalue weighted by molar-refractivity contribution is 7.99. The molecule has 0 saturated heterocycles. The Morgan fingerprint density at radius 3 is 2.10 bits per heavy atom. The summed E-state index contributed by atoms with van der Waals surface area (Å²) in [6.07, 6.45) is 0. The Bertz CT molecular complexity index is 395. The van der Waals surface area contributed by atoms with Crippen LogP contribution in [-0.4, -0.2) is 17.2 Å². The average Bonchev–Trinajstić information content (AvgIpc) is 2.42. The van der Waals surface area contributed by atoms with Crippen molar-refractivity contribution >= 4 is 17.7 Å². The van der Waals surface area contributed by atoms with Crippen LogP contribution >= 0.6 is 11.8 Å². The molecule has 2 nitrogen and oxygen atoms in total. The van der Waals surface area contributed by atoms with Gasteiger partial charge >= 0.3 is 0 Å². The highest BCUT2D eigenvalue weighted by Gasteiger charge is 2.22. The summed E-state index contributed by atoms with van der Waals surface area (Å²) >= 11 is 1.69. The fourth-order valence-corrected chi connectivity index (χ4v) is 3.11. The molecule has 0 aromatic heterocycles. The third-order valence-corrected chi connectivity index (χ3v) is 4.67. The fourth-order valence-electron chi connectivity index (χ4n) is 2.26. The Balaban J connectivity index is 2.46. The lowest BCUT2D eigenvalue weighted by molar-refractivity contribution is -0.121. The third kappa shape index (κ3) is 5.58. The van der Waals surface area contributed by atoms with Gasteiger partial charge in [0.2, 0.25) is 5.91 Å². The molecule has 1 atom stereocenters. The molecule has 1 amide bonds. The second-order valence-electron chi connectivity index (χ2n) is 5.96. The van der Waals surface area contributed by atoms with Crippen LogP contribution < -0.4 is 5.32 Å². The van der Waals surface area contributed by atoms with Crippen LogP contribution in [0.4, 0.5) is 0 Å². The zero-order valence-electron chi connectivity index (χ0n) is 13.2. The van der Waals surface area contributed by atoms with E-state index in [1.807, 2.05) is 25.1 Å². The predicted molar refractivity (Wildman–Crippen MR) is 88.8 cm³/mol. The van der Waals surface area contributed by atoms with Crippen molar-refractivity contribution in [1.82, 2.24) is 5.32 Å². The van der Waals surface area contributed by atoms with E-state index >= 15 is 0 Å². The number of hydrogen-bond donors (Lipinski definition) is 1. The van der Waals surface area contributed by atoms with Gasteiger partial charge in [-0.2, -0.15) is 0 Å². The van der Waals surface area contributed by atoms with Crippen molar-refractivity contribution in [2.45, 2.75) is 51.7 Å². The highest BCUT2D eigenvalue weighted by atomic mass is 32.2. The highest BCUT2D eigenvalue weighted by Crippen LogP contribution is 2.19. The SMILES string of the molecule is CC(SCc1ccccc1)C(=O)NC(C(C)C)C(C)C. The normalized spacial score (nSPS) is 13.0. The minimum atomic E-state index is -0.0183. The third-order valence-electron chi connectivity index (χ3n) is 3.46. The van der Waals surface area contributed by atoms with Crippen LogP contribution in [0.25, 0.3) is 0 Å². The van der Waals surface area contributed by atoms with E-state index in [0.29, 0.717) is 11.8 Å². The van der Waals surface area contributed by atoms with Gasteiger partial charge < -0.3 is 5.32 Å². The van der Waals surface area contributed by atoms with Crippen molar-refractivity contribution in [2.75, 3.05) is 0 Å². The van der Waals surface area contributed by atoms with Crippen LogP contribution in [-0.2, 0) is 10.5 Å². The molecule has 1 aromatic carbocycles. The summed E-state index contributed by atoms with van der Waals surface area (Å²) in [4.78, 5) is 12.3. The molecule has 3 heteroatoms. The molecule has 1 aromatic rings. The molecule has 112 valence electrons. The van der Waals surface area contributed by atoms with Gasteiger partial charge in [-0.05, 0) is 24.3 Å². The predicted octanol–water partition coefficient (Wildman–Crippen LogP) is 4.11. The van der Waals surface area contributed by atoms with Gasteiger partial charge in [0, 0.05) is 11.8 Å². The van der Waals surface area contributed by atoms with Crippen LogP contribution in [0.1, 0.15) is 40.2 Å². The second-order valence-corrected chi connectivity index (χ2v) is 7.29. The number of hydrogen-bond acceptors (Lipinski definition) is 2. The van der Waals surface area contributed by atoms with Crippen LogP contribution in [0.2, 0.25) is 0 Å². The monoisotopic (exact) mass is 293 g/mol. The van der Waals surface area contributed by atoms with E-state index in [2.05, 4.69) is 45.1 Å². The number of carbonyl (C=O) groups excluding carboxylic acids is 1. The van der Waals surface area contributed by atoms with E-state index in [-0.39, 0.29) is 17.2 Å². The number of nitrogens with one attached hydrogen (secondary N) is 1. The van der Waals surface area contributed by atoms with Crippen molar-refractivity contribution < 1.29 is 4.79 Å². The maximum absolute atomic E-state index is 12.3. The Kier molecular flexibility index (Phi) is 7.14. The van der Waals surface area contributed by atoms with Crippen molar-refractivity contribution in [3.05, 3.63) is 35.9 Å². The van der Waals surface area contributed by atoms with Crippen LogP contribution in [0.5, 0.6) is 0 Å². The van der Waals surface area contributed by atoms with Gasteiger partial charge in [0.05, 0.1) is 5.25 Å². The summed E-state index contributed by atoms with van der Waals surface area (Å²) in [5, 5.41) is 3.17. The molecule has 0 fully saturated rings. The quantitative estimate of drug-likeness (QED) is 0.820. The molecule has 0 aliphatic heterocycles. The average molecular weight is 293 g/mol. The lowest BCUT2D eigenvalue weighted by Gasteiger charge is -2.27. The maximum atomic E-state index is 12.3. The molecule has 0 aliphatic rings. The van der Waals surface area contributed by atoms with Gasteiger partial charge in [0.1, 0.15) is 0 Å². The summed E-state index contributed by atoms with van der Waals surface area (Å²) in [5.74, 6) is 1.96. The minimum absolute atomic E-state index is 0.0183. The first-order chi connectivity index (χ1) is 9.41. The van der Waals surface area contributed by atoms with Crippen molar-refractivity contribution in [3.8, 4) is 0 Å². The summed E-state index contributed by atoms with van der Waals surface area (Å²) in [6.45, 7) is 10.6. The zero-order valence-corrected chi connectivity index (χ0v) is 14.0. The summed E-state index contributed by atoms with van der Waals surface area (Å²) in [7, 11) is 0. The molecule has 1 unspecified atom stereocenters. The Labute approximate surface area is 127 Å². The summed E-state index contributed by atoms with van der Waals surface area (Å²) < 4.78 is 0. The van der Waals surface area contributed by atoms with E-state index in [9.17, 15) is 4.79 Å². The molecule has 1 N–H and O–H groups in total. The van der Waals surface area contributed by atoms with E-state index in [1.165, 1.54) is 5.56 Å². The number of carbonyl (C=O) groups is 1. The van der Waals surface area contributed by atoms with Crippen LogP contribution in [0.3, 0.4) is 0 Å². The van der Waals surface area contributed by atoms with Gasteiger partial charge in [-0.25, -0.2) is 0 Å². The van der Waals surface area contributed by atoms with E-state index < -0.39 is 0 Å². The van der Waals surface area contributed by atoms with Gasteiger partial charge in [-0.1, -0.05) is 58.0 Å². The lowest BCUT2D eigenvalue weighted by atomic mass is 9.93. The fraction of sp³-hybridized carbons (Fsp3) is 0.588. The van der Waals surface area contributed by atoms with Crippen LogP contribution in [0, 0.1) is 11.8 Å². The number of benzene rings is 1. The van der Waals surface area contributed by atoms with Gasteiger partial charge in [0.25, 0.3) is 0 Å². The molecule has 0 bridgehead atoms. The molecule has 20 heavy (non-hydrogen) atoms. The van der Waals surface area contributed by atoms with Crippen molar-refractivity contribution in [3.63, 3.8) is 0 Å². The van der Waals surface area contributed by atoms with Crippen LogP contribution in [0.15, 0.2) is 30.3 Å². The Morgan fingerprint density at radius 1 is 1.05 bits per heavy atom. The second kappa shape index (κ2) is 8.35. The Morgan fingerprint density at radius 2 is 1.60 bits per heavy atom. The lowest BCUT2D eigenvalue weighted by Crippen LogP contribution is -2.45. The van der Waals surface area contributed by atoms with Gasteiger partial charge in [-0.3, -0.25) is 4.79 Å². The standard InChI is InChI=1S/C17H27NOS/c1-12(2)16(13(3)4)18-17(19)14(5)20-11-15-9-7-6-8-10-15/h6-10,12-14,16H,11H2,1-5H3,(H,18,19). The minimum Gasteiger partial charge on any atom is -0.352 e. The summed E-state index contributed by atoms with van der Waals surface area (Å²) in [5.41, 5.74) is 1.27. The van der Waals surface area contributed by atoms with E-state index in [0.717, 1.165) is 5.75 Å². The molecule has 0 spiro atoms. The van der Waals surface area contributed by atoms with E-state index in [4.69, 9.17) is 0 Å². The molecule has 0 aliphatic carbocycles. The molecule has 0 saturated carbocycles.